The fourth-order valence-corrected chi connectivity index (χ4v) is 13.8. The lowest BCUT2D eigenvalue weighted by Crippen LogP contribution is -2.54. The molecule has 13 rings (SSSR count). The molecule has 0 N–H and O–H groups in total. The third-order valence-electron chi connectivity index (χ3n) is 15.3. The molecule has 0 spiro atoms. The molecule has 64 heavy (non-hydrogen) atoms. The van der Waals surface area contributed by atoms with E-state index in [0.29, 0.717) is 0 Å². The van der Waals surface area contributed by atoms with E-state index in [1.165, 1.54) is 141 Å². The van der Waals surface area contributed by atoms with Crippen LogP contribution in [0.1, 0.15) is 38.2 Å². The van der Waals surface area contributed by atoms with Gasteiger partial charge in [0.25, 0.3) is 0 Å². The van der Waals surface area contributed by atoms with Crippen LogP contribution in [0.15, 0.2) is 200 Å². The molecule has 1 nitrogen and oxygen atoms in total. The van der Waals surface area contributed by atoms with Crippen molar-refractivity contribution in [1.82, 2.24) is 0 Å². The fourth-order valence-electron chi connectivity index (χ4n) is 12.4. The zero-order valence-electron chi connectivity index (χ0n) is 36.2. The Labute approximate surface area is 379 Å². The smallest absolute Gasteiger partial charge is 0.0658 e. The second-order valence-corrected chi connectivity index (χ2v) is 19.5. The van der Waals surface area contributed by atoms with Crippen LogP contribution >= 0.6 is 11.8 Å². The molecule has 11 aromatic rings. The molecule has 11 aromatic carbocycles. The molecule has 2 aliphatic rings. The Bertz CT molecular complexity index is 3620. The average Bonchev–Trinajstić information content (AvgIpc) is 3.59. The largest absolute Gasteiger partial charge is 0.334 e. The maximum atomic E-state index is 2.70. The van der Waals surface area contributed by atoms with Crippen LogP contribution < -0.4 is 4.90 Å². The Morgan fingerprint density at radius 2 is 0.906 bits per heavy atom. The van der Waals surface area contributed by atoms with Crippen LogP contribution in [0.3, 0.4) is 0 Å². The summed E-state index contributed by atoms with van der Waals surface area (Å²) in [5, 5.41) is 12.9. The topological polar surface area (TPSA) is 3.24 Å². The summed E-state index contributed by atoms with van der Waals surface area (Å²) in [6.07, 6.45) is 7.19. The summed E-state index contributed by atoms with van der Waals surface area (Å²) in [5.41, 5.74) is 14.2. The Morgan fingerprint density at radius 1 is 0.406 bits per heavy atom. The lowest BCUT2D eigenvalue weighted by Gasteiger charge is -2.51. The molecule has 2 unspecified atom stereocenters. The Balaban J connectivity index is 1.16. The van der Waals surface area contributed by atoms with Gasteiger partial charge in [-0.15, -0.1) is 0 Å². The molecule has 2 atom stereocenters. The zero-order chi connectivity index (χ0) is 42.6. The van der Waals surface area contributed by atoms with Gasteiger partial charge < -0.3 is 4.90 Å². The van der Waals surface area contributed by atoms with E-state index in [9.17, 15) is 0 Å². The molecule has 306 valence electrons. The Morgan fingerprint density at radius 3 is 1.50 bits per heavy atom. The highest BCUT2D eigenvalue weighted by molar-refractivity contribution is 7.99. The summed E-state index contributed by atoms with van der Waals surface area (Å²) in [4.78, 5) is 2.70. The van der Waals surface area contributed by atoms with Crippen molar-refractivity contribution < 1.29 is 0 Å². The highest BCUT2D eigenvalue weighted by atomic mass is 32.2. The molecule has 0 amide bonds. The van der Waals surface area contributed by atoms with E-state index in [0.717, 1.165) is 0 Å². The monoisotopic (exact) mass is 837 g/mol. The molecule has 1 fully saturated rings. The van der Waals surface area contributed by atoms with Crippen molar-refractivity contribution in [1.29, 1.82) is 0 Å². The SMILES string of the molecule is CSC12CCCCC1(C)N(c1ccccc1)c1ccc(-c3cc(-c4cccc5ccccc45)c4ccc5c(-c6ccccc6)cc(-c6cccc7ccccc67)c6ccc3c4c56)cc12. The summed E-state index contributed by atoms with van der Waals surface area (Å²) >= 11 is 2.08. The molecule has 1 saturated carbocycles. The Hall–Kier alpha value is -6.87. The van der Waals surface area contributed by atoms with Crippen molar-refractivity contribution in [2.45, 2.75) is 42.9 Å². The highest BCUT2D eigenvalue weighted by Crippen LogP contribution is 2.65. The van der Waals surface area contributed by atoms with E-state index in [1.807, 2.05) is 0 Å². The van der Waals surface area contributed by atoms with E-state index in [2.05, 4.69) is 230 Å². The first-order valence-corrected chi connectivity index (χ1v) is 24.1. The first-order valence-electron chi connectivity index (χ1n) is 22.9. The molecular formula is C62H47NS. The number of benzene rings is 11. The molecule has 0 aromatic heterocycles. The van der Waals surface area contributed by atoms with Crippen molar-refractivity contribution in [3.63, 3.8) is 0 Å². The predicted octanol–water partition coefficient (Wildman–Crippen LogP) is 17.6. The molecule has 0 bridgehead atoms. The molecule has 0 radical (unpaired) electrons. The van der Waals surface area contributed by atoms with Crippen LogP contribution in [-0.4, -0.2) is 11.8 Å². The second-order valence-electron chi connectivity index (χ2n) is 18.3. The van der Waals surface area contributed by atoms with Crippen LogP contribution in [0.25, 0.3) is 98.4 Å². The van der Waals surface area contributed by atoms with Gasteiger partial charge in [0.1, 0.15) is 0 Å². The van der Waals surface area contributed by atoms with Gasteiger partial charge in [0.05, 0.1) is 10.3 Å². The molecular weight excluding hydrogens is 791 g/mol. The maximum Gasteiger partial charge on any atom is 0.0658 e. The standard InChI is InChI=1S/C62H47NS/c1-61-35-13-14-36-62(61,64-2)57-37-43(29-34-58(57)63(61)44-23-7-4-8-24-44)54-39-56(48-28-16-22-41-20-10-12-26-46(41)48)52-32-30-49-53(42-17-5-3-6-18-42)38-55(51-33-31-50(54)60(52)59(49)51)47-27-15-21-40-19-9-11-25-45(40)47/h3-12,15-34,37-39H,13-14,35-36H2,1-2H3. The summed E-state index contributed by atoms with van der Waals surface area (Å²) in [6, 6.07) is 75.7. The van der Waals surface area contributed by atoms with Gasteiger partial charge in [0.15, 0.2) is 0 Å². The Kier molecular flexibility index (Phi) is 8.43. The van der Waals surface area contributed by atoms with Gasteiger partial charge in [-0.25, -0.2) is 0 Å². The third kappa shape index (κ3) is 5.27. The van der Waals surface area contributed by atoms with Crippen molar-refractivity contribution in [3.8, 4) is 44.5 Å². The van der Waals surface area contributed by atoms with Crippen molar-refractivity contribution >= 4 is 77.0 Å². The molecule has 2 heteroatoms. The van der Waals surface area contributed by atoms with Gasteiger partial charge in [0.2, 0.25) is 0 Å². The van der Waals surface area contributed by atoms with Crippen LogP contribution in [0.2, 0.25) is 0 Å². The van der Waals surface area contributed by atoms with Gasteiger partial charge in [-0.05, 0) is 166 Å². The highest BCUT2D eigenvalue weighted by Gasteiger charge is 2.60. The molecule has 1 aliphatic carbocycles. The minimum atomic E-state index is -0.0460. The zero-order valence-corrected chi connectivity index (χ0v) is 37.1. The molecule has 1 aliphatic heterocycles. The third-order valence-corrected chi connectivity index (χ3v) is 16.9. The van der Waals surface area contributed by atoms with Crippen molar-refractivity contribution in [2.24, 2.45) is 0 Å². The van der Waals surface area contributed by atoms with Gasteiger partial charge >= 0.3 is 0 Å². The van der Waals surface area contributed by atoms with E-state index in [-0.39, 0.29) is 10.3 Å². The number of rotatable bonds is 6. The summed E-state index contributed by atoms with van der Waals surface area (Å²) in [6.45, 7) is 2.54. The maximum absolute atomic E-state index is 2.70. The van der Waals surface area contributed by atoms with Crippen LogP contribution in [0, 0.1) is 0 Å². The average molecular weight is 838 g/mol. The normalized spacial score (nSPS) is 18.4. The van der Waals surface area contributed by atoms with Crippen LogP contribution in [-0.2, 0) is 4.75 Å². The van der Waals surface area contributed by atoms with Crippen LogP contribution in [0.4, 0.5) is 11.4 Å². The van der Waals surface area contributed by atoms with Crippen LogP contribution in [0.5, 0.6) is 0 Å². The number of para-hydroxylation sites is 1. The van der Waals surface area contributed by atoms with Gasteiger partial charge in [0, 0.05) is 11.4 Å². The lowest BCUT2D eigenvalue weighted by molar-refractivity contribution is 0.262. The number of hydrogen-bond donors (Lipinski definition) is 0. The first-order chi connectivity index (χ1) is 31.6. The van der Waals surface area contributed by atoms with E-state index < -0.39 is 0 Å². The number of nitrogens with zero attached hydrogens (tertiary/aromatic N) is 1. The fraction of sp³-hybridized carbons (Fsp3) is 0.129. The minimum Gasteiger partial charge on any atom is -0.334 e. The van der Waals surface area contributed by atoms with E-state index in [4.69, 9.17) is 0 Å². The number of hydrogen-bond acceptors (Lipinski definition) is 2. The van der Waals surface area contributed by atoms with Crippen molar-refractivity contribution in [2.75, 3.05) is 11.2 Å². The van der Waals surface area contributed by atoms with Gasteiger partial charge in [-0.1, -0.05) is 177 Å². The first kappa shape index (κ1) is 37.7. The van der Waals surface area contributed by atoms with Gasteiger partial charge in [-0.3, -0.25) is 0 Å². The molecule has 0 saturated heterocycles. The van der Waals surface area contributed by atoms with E-state index in [1.54, 1.807) is 0 Å². The summed E-state index contributed by atoms with van der Waals surface area (Å²) < 4.78 is -0.0351. The van der Waals surface area contributed by atoms with E-state index >= 15 is 0 Å². The lowest BCUT2D eigenvalue weighted by atomic mass is 9.71. The quantitative estimate of drug-likeness (QED) is 0.154. The second kappa shape index (κ2) is 14.3. The van der Waals surface area contributed by atoms with Crippen molar-refractivity contribution in [3.05, 3.63) is 206 Å². The summed E-state index contributed by atoms with van der Waals surface area (Å²) in [5.74, 6) is 0. The summed E-state index contributed by atoms with van der Waals surface area (Å²) in [7, 11) is 0. The predicted molar refractivity (Wildman–Crippen MR) is 278 cm³/mol. The molecule has 1 heterocycles. The minimum absolute atomic E-state index is 0.0351. The number of thioether (sulfide) groups is 1. The van der Waals surface area contributed by atoms with Gasteiger partial charge in [-0.2, -0.15) is 11.8 Å². The number of fused-ring (bicyclic) bond motifs is 5. The number of anilines is 2.